The number of pyridine rings is 1. The van der Waals surface area contributed by atoms with Crippen molar-refractivity contribution in [2.45, 2.75) is 20.3 Å². The van der Waals surface area contributed by atoms with E-state index in [4.69, 9.17) is 4.74 Å². The zero-order chi connectivity index (χ0) is 23.7. The van der Waals surface area contributed by atoms with Gasteiger partial charge in [0.15, 0.2) is 11.6 Å². The third kappa shape index (κ3) is 5.05. The molecule has 0 unspecified atom stereocenters. The molecular formula is C23H17F3N2NaO4. The minimum absolute atomic E-state index is 0.0150. The number of carbonyl (C=O) groups excluding carboxylic acids is 1. The van der Waals surface area contributed by atoms with Gasteiger partial charge in [0.25, 0.3) is 0 Å². The fourth-order valence-corrected chi connectivity index (χ4v) is 4.84. The van der Waals surface area contributed by atoms with E-state index >= 15 is 4.39 Å². The molecule has 1 aliphatic rings. The first-order valence-electron chi connectivity index (χ1n) is 10.3. The summed E-state index contributed by atoms with van der Waals surface area (Å²) >= 11 is -1.79. The average Bonchev–Trinajstić information content (AvgIpc) is 3.21. The van der Waals surface area contributed by atoms with Crippen LogP contribution in [0.25, 0.3) is 11.3 Å². The van der Waals surface area contributed by atoms with Gasteiger partial charge in [-0.2, -0.15) is 0 Å². The summed E-state index contributed by atoms with van der Waals surface area (Å²) in [6.07, 6.45) is 0.247. The maximum absolute atomic E-state index is 15.0. The summed E-state index contributed by atoms with van der Waals surface area (Å²) in [5.41, 5.74) is 2.65. The van der Waals surface area contributed by atoms with Gasteiger partial charge in [-0.05, 0) is 18.2 Å². The van der Waals surface area contributed by atoms with E-state index in [2.05, 4.69) is 15.0 Å². The van der Waals surface area contributed by atoms with Crippen molar-refractivity contribution in [2.75, 3.05) is 6.61 Å². The minimum atomic E-state index is -1.79. The van der Waals surface area contributed by atoms with Crippen molar-refractivity contribution in [1.29, 1.82) is 0 Å². The second-order valence-electron chi connectivity index (χ2n) is 8.03. The van der Waals surface area contributed by atoms with E-state index in [0.717, 1.165) is 17.7 Å². The number of halogens is 3. The van der Waals surface area contributed by atoms with E-state index in [9.17, 15) is 18.7 Å². The molecule has 0 saturated carbocycles. The third-order valence-electron chi connectivity index (χ3n) is 5.56. The van der Waals surface area contributed by atoms with E-state index in [0.29, 0.717) is 19.8 Å². The molecule has 0 saturated heterocycles. The molecule has 165 valence electrons. The van der Waals surface area contributed by atoms with Gasteiger partial charge in [-0.1, -0.05) is 0 Å². The summed E-state index contributed by atoms with van der Waals surface area (Å²) in [6.45, 7) is 3.45. The number of carbonyl (C=O) groups is 1. The zero-order valence-electron chi connectivity index (χ0n) is 18.1. The van der Waals surface area contributed by atoms with E-state index in [1.807, 2.05) is 6.92 Å². The molecule has 0 atom stereocenters. The van der Waals surface area contributed by atoms with Gasteiger partial charge in [0.1, 0.15) is 0 Å². The number of ether oxygens (including phenoxy) is 1. The normalized spacial score (nSPS) is 13.1. The first-order chi connectivity index (χ1) is 15.7. The summed E-state index contributed by atoms with van der Waals surface area (Å²) in [7, 11) is 0. The molecule has 0 amide bonds. The van der Waals surface area contributed by atoms with Gasteiger partial charge in [0.2, 0.25) is 0 Å². The van der Waals surface area contributed by atoms with Gasteiger partial charge < -0.3 is 5.11 Å². The van der Waals surface area contributed by atoms with E-state index in [-0.39, 0.29) is 39.0 Å². The van der Waals surface area contributed by atoms with Gasteiger partial charge in [-0.15, -0.1) is 0 Å². The van der Waals surface area contributed by atoms with Crippen LogP contribution in [0.5, 0.6) is 11.5 Å². The van der Waals surface area contributed by atoms with Crippen molar-refractivity contribution >= 4 is 32.5 Å². The maximum atomic E-state index is 15.0. The first-order valence-corrected chi connectivity index (χ1v) is 12.3. The quantitative estimate of drug-likeness (QED) is 0.424. The van der Waals surface area contributed by atoms with E-state index < -0.39 is 43.8 Å². The fourth-order valence-electron chi connectivity index (χ4n) is 3.71. The van der Waals surface area contributed by atoms with Crippen molar-refractivity contribution in [3.05, 3.63) is 76.2 Å². The van der Waals surface area contributed by atoms with Crippen LogP contribution in [0.1, 0.15) is 22.4 Å². The van der Waals surface area contributed by atoms with Crippen molar-refractivity contribution < 1.29 is 32.6 Å². The van der Waals surface area contributed by atoms with Gasteiger partial charge >= 0.3 is 157 Å². The van der Waals surface area contributed by atoms with Crippen molar-refractivity contribution in [3.63, 3.8) is 0 Å². The second-order valence-corrected chi connectivity index (χ2v) is 10.5. The predicted octanol–water partition coefficient (Wildman–Crippen LogP) is 4.63. The Morgan fingerprint density at radius 2 is 1.88 bits per heavy atom. The second kappa shape index (κ2) is 9.54. The van der Waals surface area contributed by atoms with Crippen LogP contribution < -0.4 is 4.74 Å². The van der Waals surface area contributed by atoms with Crippen LogP contribution in [0, 0.1) is 31.3 Å². The van der Waals surface area contributed by atoms with Crippen molar-refractivity contribution in [3.8, 4) is 22.8 Å². The van der Waals surface area contributed by atoms with Crippen LogP contribution >= 0.6 is 0 Å². The molecule has 0 aliphatic carbocycles. The number of benzene rings is 2. The SMILES string of the molecule is Cc1cc(OC[C]2=NO[C](=O)[Na]2)c(F)c(C)c1Cc1ccc(O)c(-c2ccc(F)c(F)c2)n1. The van der Waals surface area contributed by atoms with Crippen LogP contribution in [-0.4, -0.2) is 49.2 Å². The molecule has 3 aromatic rings. The number of aromatic hydroxyl groups is 1. The number of aryl methyl sites for hydroxylation is 1. The Balaban J connectivity index is 1.59. The topological polar surface area (TPSA) is 81.0 Å². The number of rotatable bonds is 6. The summed E-state index contributed by atoms with van der Waals surface area (Å²) in [4.78, 5) is 20.2. The Labute approximate surface area is 200 Å². The molecule has 0 spiro atoms. The summed E-state index contributed by atoms with van der Waals surface area (Å²) < 4.78 is 47.7. The van der Waals surface area contributed by atoms with Crippen LogP contribution in [0.2, 0.25) is 0 Å². The summed E-state index contributed by atoms with van der Waals surface area (Å²) in [6, 6.07) is 7.81. The Kier molecular flexibility index (Phi) is 6.73. The summed E-state index contributed by atoms with van der Waals surface area (Å²) in [5, 5.41) is 13.8. The predicted molar refractivity (Wildman–Crippen MR) is 115 cm³/mol. The number of oxime groups is 1. The van der Waals surface area contributed by atoms with Crippen molar-refractivity contribution in [1.82, 2.24) is 4.98 Å². The molecule has 4 rings (SSSR count). The molecule has 1 aliphatic heterocycles. The first kappa shape index (κ1) is 23.3. The van der Waals surface area contributed by atoms with Gasteiger partial charge in [0.05, 0.1) is 0 Å². The van der Waals surface area contributed by atoms with Gasteiger partial charge in [-0.25, -0.2) is 8.78 Å². The van der Waals surface area contributed by atoms with Crippen LogP contribution in [0.3, 0.4) is 0 Å². The monoisotopic (exact) mass is 465 g/mol. The van der Waals surface area contributed by atoms with Crippen LogP contribution in [0.4, 0.5) is 18.0 Å². The molecule has 2 heterocycles. The third-order valence-corrected chi connectivity index (χ3v) is 7.20. The molecule has 6 nitrogen and oxygen atoms in total. The van der Waals surface area contributed by atoms with Gasteiger partial charge in [0, 0.05) is 0 Å². The zero-order valence-corrected chi connectivity index (χ0v) is 20.1. The molecule has 10 heteroatoms. The molecule has 33 heavy (non-hydrogen) atoms. The number of aromatic nitrogens is 1. The molecule has 1 N–H and O–H groups in total. The van der Waals surface area contributed by atoms with Gasteiger partial charge in [-0.3, -0.25) is 0 Å². The molecule has 0 bridgehead atoms. The molecule has 2 aromatic carbocycles. The Bertz CT molecular complexity index is 1300. The van der Waals surface area contributed by atoms with Crippen LogP contribution in [-0.2, 0) is 11.3 Å². The number of hydrogen-bond donors (Lipinski definition) is 1. The standard InChI is InChI=1S/C23H17F3N2O4.Na/c1-13-9-21(31-8-7-27-32-12-29)22(26)14(2)17(13)11-16-4-6-20(30)23(28-16)15-3-5-18(24)19(25)10-15;/h3-6,9-10,30H,8,11H2,1-2H3;. The number of hydrogen-bond acceptors (Lipinski definition) is 6. The fraction of sp³-hybridized carbons (Fsp3) is 0.174. The number of nitrogens with zero attached hydrogens (tertiary/aromatic N) is 2. The van der Waals surface area contributed by atoms with E-state index in [1.165, 1.54) is 12.1 Å². The molecule has 0 fully saturated rings. The van der Waals surface area contributed by atoms with Crippen molar-refractivity contribution in [2.24, 2.45) is 5.16 Å². The molecule has 1 aromatic heterocycles. The Morgan fingerprint density at radius 3 is 2.58 bits per heavy atom. The Hall–Kier alpha value is -2.88. The summed E-state index contributed by atoms with van der Waals surface area (Å²) in [5.74, 6) is -2.71. The van der Waals surface area contributed by atoms with E-state index in [1.54, 1.807) is 19.1 Å². The Morgan fingerprint density at radius 1 is 1.09 bits per heavy atom. The van der Waals surface area contributed by atoms with Crippen LogP contribution in [0.15, 0.2) is 41.6 Å². The molecular weight excluding hydrogens is 448 g/mol. The molecule has 5 radical (unpaired) electrons. The average molecular weight is 465 g/mol.